The molecule has 3 heterocycles. The van der Waals surface area contributed by atoms with E-state index in [1.165, 1.54) is 12.8 Å². The van der Waals surface area contributed by atoms with Gasteiger partial charge in [0, 0.05) is 37.3 Å². The standard InChI is InChI=1S/C21H29N3O3.ClH/c25-20(13-16-11-18-5-6-19(12-16)22-18)23-17-3-1-15(2-4-17)14-21(26)24-7-9-27-10-8-24;/h1-4,16,18-19,22H,5-14H2,(H,23,25);1H. The maximum Gasteiger partial charge on any atom is 0.227 e. The average molecular weight is 408 g/mol. The van der Waals surface area contributed by atoms with Crippen LogP contribution in [0, 0.1) is 5.92 Å². The highest BCUT2D eigenvalue weighted by atomic mass is 35.5. The van der Waals surface area contributed by atoms with Crippen molar-refractivity contribution in [1.82, 2.24) is 10.2 Å². The topological polar surface area (TPSA) is 70.7 Å². The summed E-state index contributed by atoms with van der Waals surface area (Å²) in [4.78, 5) is 26.5. The maximum atomic E-state index is 12.4. The first-order valence-electron chi connectivity index (χ1n) is 10.2. The van der Waals surface area contributed by atoms with E-state index in [-0.39, 0.29) is 24.2 Å². The Morgan fingerprint density at radius 3 is 2.36 bits per heavy atom. The number of morpholine rings is 1. The van der Waals surface area contributed by atoms with E-state index in [0.29, 0.717) is 57.1 Å². The smallest absolute Gasteiger partial charge is 0.227 e. The van der Waals surface area contributed by atoms with Gasteiger partial charge in [-0.3, -0.25) is 9.59 Å². The van der Waals surface area contributed by atoms with E-state index >= 15 is 0 Å². The van der Waals surface area contributed by atoms with Crippen molar-refractivity contribution in [1.29, 1.82) is 0 Å². The first kappa shape index (κ1) is 21.1. The summed E-state index contributed by atoms with van der Waals surface area (Å²) in [5.41, 5.74) is 1.78. The Kier molecular flexibility index (Phi) is 7.32. The van der Waals surface area contributed by atoms with Gasteiger partial charge >= 0.3 is 0 Å². The molecule has 3 fully saturated rings. The molecule has 3 aliphatic heterocycles. The number of hydrogen-bond acceptors (Lipinski definition) is 4. The number of halogens is 1. The van der Waals surface area contributed by atoms with E-state index < -0.39 is 0 Å². The Hall–Kier alpha value is -1.63. The van der Waals surface area contributed by atoms with Crippen molar-refractivity contribution in [2.75, 3.05) is 31.6 Å². The van der Waals surface area contributed by atoms with Gasteiger partial charge in [0.1, 0.15) is 0 Å². The second kappa shape index (κ2) is 9.72. The van der Waals surface area contributed by atoms with Gasteiger partial charge in [-0.1, -0.05) is 12.1 Å². The third kappa shape index (κ3) is 5.46. The van der Waals surface area contributed by atoms with Gasteiger partial charge in [0.15, 0.2) is 0 Å². The monoisotopic (exact) mass is 407 g/mol. The molecule has 0 aliphatic carbocycles. The number of nitrogens with zero attached hydrogens (tertiary/aromatic N) is 1. The molecule has 7 heteroatoms. The Morgan fingerprint density at radius 1 is 1.07 bits per heavy atom. The molecule has 2 bridgehead atoms. The summed E-state index contributed by atoms with van der Waals surface area (Å²) in [6, 6.07) is 8.88. The molecule has 0 aromatic heterocycles. The van der Waals surface area contributed by atoms with Crippen LogP contribution in [0.2, 0.25) is 0 Å². The molecule has 154 valence electrons. The van der Waals surface area contributed by atoms with Gasteiger partial charge in [0.05, 0.1) is 19.6 Å². The first-order chi connectivity index (χ1) is 13.2. The van der Waals surface area contributed by atoms with E-state index in [9.17, 15) is 9.59 Å². The molecule has 0 radical (unpaired) electrons. The van der Waals surface area contributed by atoms with Crippen LogP contribution in [0.5, 0.6) is 0 Å². The molecule has 3 aliphatic rings. The lowest BCUT2D eigenvalue weighted by Crippen LogP contribution is -2.41. The minimum Gasteiger partial charge on any atom is -0.378 e. The van der Waals surface area contributed by atoms with Crippen LogP contribution in [0.3, 0.4) is 0 Å². The van der Waals surface area contributed by atoms with Gasteiger partial charge in [-0.05, 0) is 49.3 Å². The molecular weight excluding hydrogens is 378 g/mol. The highest BCUT2D eigenvalue weighted by molar-refractivity contribution is 5.91. The lowest BCUT2D eigenvalue weighted by Gasteiger charge is -2.28. The van der Waals surface area contributed by atoms with Crippen LogP contribution >= 0.6 is 12.4 Å². The van der Waals surface area contributed by atoms with Crippen molar-refractivity contribution >= 4 is 29.9 Å². The van der Waals surface area contributed by atoms with Crippen LogP contribution in [0.1, 0.15) is 37.7 Å². The zero-order valence-corrected chi connectivity index (χ0v) is 17.0. The quantitative estimate of drug-likeness (QED) is 0.786. The average Bonchev–Trinajstić information content (AvgIpc) is 3.02. The number of benzene rings is 1. The fourth-order valence-electron chi connectivity index (χ4n) is 4.62. The normalized spacial score (nSPS) is 26.4. The maximum absolute atomic E-state index is 12.4. The Morgan fingerprint density at radius 2 is 1.71 bits per heavy atom. The molecule has 4 rings (SSSR count). The van der Waals surface area contributed by atoms with Crippen molar-refractivity contribution in [3.05, 3.63) is 29.8 Å². The number of rotatable bonds is 5. The van der Waals surface area contributed by atoms with Gasteiger partial charge in [-0.15, -0.1) is 12.4 Å². The first-order valence-corrected chi connectivity index (χ1v) is 10.2. The van der Waals surface area contributed by atoms with Crippen molar-refractivity contribution in [2.45, 2.75) is 50.6 Å². The number of carbonyl (C=O) groups excluding carboxylic acids is 2. The van der Waals surface area contributed by atoms with Crippen LogP contribution < -0.4 is 10.6 Å². The summed E-state index contributed by atoms with van der Waals surface area (Å²) in [5.74, 6) is 0.725. The Labute approximate surface area is 172 Å². The molecule has 2 atom stereocenters. The predicted molar refractivity (Wildman–Crippen MR) is 111 cm³/mol. The number of anilines is 1. The fraction of sp³-hybridized carbons (Fsp3) is 0.619. The van der Waals surface area contributed by atoms with Crippen LogP contribution in [0.15, 0.2) is 24.3 Å². The van der Waals surface area contributed by atoms with Crippen molar-refractivity contribution in [2.24, 2.45) is 5.92 Å². The lowest BCUT2D eigenvalue weighted by molar-refractivity contribution is -0.134. The third-order valence-electron chi connectivity index (χ3n) is 6.00. The SMILES string of the molecule is Cl.O=C(CC1CC2CCC(C1)N2)Nc1ccc(CC(=O)N2CCOCC2)cc1. The molecule has 0 spiro atoms. The molecule has 1 aromatic rings. The Bertz CT molecular complexity index is 664. The molecule has 3 saturated heterocycles. The molecule has 0 saturated carbocycles. The highest BCUT2D eigenvalue weighted by Crippen LogP contribution is 2.32. The van der Waals surface area contributed by atoms with Crippen molar-refractivity contribution < 1.29 is 14.3 Å². The fourth-order valence-corrected chi connectivity index (χ4v) is 4.62. The molecule has 2 N–H and O–H groups in total. The van der Waals surface area contributed by atoms with Gasteiger partial charge in [-0.25, -0.2) is 0 Å². The largest absolute Gasteiger partial charge is 0.378 e. The second-order valence-electron chi connectivity index (χ2n) is 8.09. The summed E-state index contributed by atoms with van der Waals surface area (Å²) in [6.07, 6.45) is 5.75. The molecule has 2 amide bonds. The van der Waals surface area contributed by atoms with Crippen LogP contribution in [0.25, 0.3) is 0 Å². The van der Waals surface area contributed by atoms with E-state index in [1.807, 2.05) is 29.2 Å². The van der Waals surface area contributed by atoms with Crippen LogP contribution in [-0.4, -0.2) is 55.1 Å². The molecule has 6 nitrogen and oxygen atoms in total. The number of piperidine rings is 1. The Balaban J connectivity index is 0.00000225. The van der Waals surface area contributed by atoms with E-state index in [1.54, 1.807) is 0 Å². The summed E-state index contributed by atoms with van der Waals surface area (Å²) >= 11 is 0. The van der Waals surface area contributed by atoms with Crippen molar-refractivity contribution in [3.63, 3.8) is 0 Å². The zero-order valence-electron chi connectivity index (χ0n) is 16.2. The van der Waals surface area contributed by atoms with Crippen LogP contribution in [0.4, 0.5) is 5.69 Å². The van der Waals surface area contributed by atoms with E-state index in [4.69, 9.17) is 4.74 Å². The number of ether oxygens (including phenoxy) is 1. The summed E-state index contributed by atoms with van der Waals surface area (Å²) < 4.78 is 5.28. The summed E-state index contributed by atoms with van der Waals surface area (Å²) in [7, 11) is 0. The van der Waals surface area contributed by atoms with Crippen LogP contribution in [-0.2, 0) is 20.7 Å². The molecule has 1 aromatic carbocycles. The zero-order chi connectivity index (χ0) is 18.6. The number of hydrogen-bond donors (Lipinski definition) is 2. The molecular formula is C21H30ClN3O3. The second-order valence-corrected chi connectivity index (χ2v) is 8.09. The van der Waals surface area contributed by atoms with Crippen molar-refractivity contribution in [3.8, 4) is 0 Å². The van der Waals surface area contributed by atoms with Gasteiger partial charge in [-0.2, -0.15) is 0 Å². The summed E-state index contributed by atoms with van der Waals surface area (Å²) in [5, 5.41) is 6.63. The number of fused-ring (bicyclic) bond motifs is 2. The summed E-state index contributed by atoms with van der Waals surface area (Å²) in [6.45, 7) is 2.58. The van der Waals surface area contributed by atoms with Gasteiger partial charge in [0.25, 0.3) is 0 Å². The molecule has 28 heavy (non-hydrogen) atoms. The minimum absolute atomic E-state index is 0. The highest BCUT2D eigenvalue weighted by Gasteiger charge is 2.34. The predicted octanol–water partition coefficient (Wildman–Crippen LogP) is 2.37. The third-order valence-corrected chi connectivity index (χ3v) is 6.00. The lowest BCUT2D eigenvalue weighted by atomic mass is 9.89. The minimum atomic E-state index is 0. The van der Waals surface area contributed by atoms with Gasteiger partial charge in [0.2, 0.25) is 11.8 Å². The molecule has 2 unspecified atom stereocenters. The number of carbonyl (C=O) groups is 2. The number of amides is 2. The number of nitrogens with one attached hydrogen (secondary N) is 2. The van der Waals surface area contributed by atoms with E-state index in [0.717, 1.165) is 24.1 Å². The van der Waals surface area contributed by atoms with E-state index in [2.05, 4.69) is 10.6 Å². The van der Waals surface area contributed by atoms with Gasteiger partial charge < -0.3 is 20.3 Å².